The van der Waals surface area contributed by atoms with Crippen molar-refractivity contribution in [3.8, 4) is 0 Å². The summed E-state index contributed by atoms with van der Waals surface area (Å²) in [4.78, 5) is 14.8. The summed E-state index contributed by atoms with van der Waals surface area (Å²) < 4.78 is 48.2. The summed E-state index contributed by atoms with van der Waals surface area (Å²) in [6.45, 7) is 0. The van der Waals surface area contributed by atoms with Crippen molar-refractivity contribution in [3.05, 3.63) is 43.0 Å². The number of nitrogens with zero attached hydrogens (tertiary/aromatic N) is 2. The van der Waals surface area contributed by atoms with Crippen LogP contribution in [-0.2, 0) is 9.84 Å². The van der Waals surface area contributed by atoms with Gasteiger partial charge in [0, 0.05) is 18.1 Å². The molecule has 0 aliphatic heterocycles. The molecule has 0 aliphatic rings. The third-order valence-corrected chi connectivity index (χ3v) is 3.81. The number of carbonyl (C=O) groups is 1. The molecule has 0 bridgehead atoms. The molecule has 9 heteroatoms. The molecule has 2 rings (SSSR count). The molecule has 20 heavy (non-hydrogen) atoms. The Bertz CT molecular complexity index is 697. The molecule has 0 spiro atoms. The van der Waals surface area contributed by atoms with Crippen molar-refractivity contribution in [2.75, 3.05) is 5.32 Å². The molecular formula is C11H9F2N3O3S. The lowest BCUT2D eigenvalue weighted by Gasteiger charge is -2.07. The highest BCUT2D eigenvalue weighted by atomic mass is 32.2. The summed E-state index contributed by atoms with van der Waals surface area (Å²) in [7, 11) is -4.63. The number of imidazole rings is 1. The van der Waals surface area contributed by atoms with Crippen LogP contribution in [0.15, 0.2) is 47.9 Å². The number of halogens is 2. The van der Waals surface area contributed by atoms with Gasteiger partial charge in [-0.25, -0.2) is 18.2 Å². The first kappa shape index (κ1) is 14.1. The van der Waals surface area contributed by atoms with E-state index in [0.717, 1.165) is 12.1 Å². The number of alkyl halides is 2. The predicted molar refractivity (Wildman–Crippen MR) is 66.3 cm³/mol. The number of hydrogen-bond acceptors (Lipinski definition) is 4. The maximum atomic E-state index is 12.3. The molecule has 1 aromatic carbocycles. The first-order valence-corrected chi connectivity index (χ1v) is 6.87. The van der Waals surface area contributed by atoms with E-state index >= 15 is 0 Å². The Kier molecular flexibility index (Phi) is 3.79. The number of sulfone groups is 1. The van der Waals surface area contributed by atoms with E-state index < -0.39 is 26.5 Å². The van der Waals surface area contributed by atoms with Crippen LogP contribution in [0.2, 0.25) is 0 Å². The van der Waals surface area contributed by atoms with Gasteiger partial charge in [0.25, 0.3) is 0 Å². The maximum Gasteiger partial charge on any atom is 0.341 e. The molecule has 0 atom stereocenters. The third-order valence-electron chi connectivity index (χ3n) is 2.41. The van der Waals surface area contributed by atoms with Gasteiger partial charge in [-0.15, -0.1) is 0 Å². The van der Waals surface area contributed by atoms with Crippen LogP contribution < -0.4 is 5.32 Å². The Labute approximate surface area is 113 Å². The van der Waals surface area contributed by atoms with E-state index in [2.05, 4.69) is 10.3 Å². The van der Waals surface area contributed by atoms with Crippen LogP contribution in [0.1, 0.15) is 0 Å². The van der Waals surface area contributed by atoms with Gasteiger partial charge in [0.15, 0.2) is 0 Å². The van der Waals surface area contributed by atoms with Crippen molar-refractivity contribution in [1.82, 2.24) is 9.55 Å². The molecular weight excluding hydrogens is 292 g/mol. The van der Waals surface area contributed by atoms with Crippen molar-refractivity contribution in [2.24, 2.45) is 0 Å². The average molecular weight is 301 g/mol. The number of aromatic nitrogens is 2. The van der Waals surface area contributed by atoms with Gasteiger partial charge >= 0.3 is 11.8 Å². The van der Waals surface area contributed by atoms with E-state index in [1.165, 1.54) is 35.4 Å². The minimum absolute atomic E-state index is 0.275. The molecule has 1 N–H and O–H groups in total. The van der Waals surface area contributed by atoms with E-state index in [9.17, 15) is 22.0 Å². The van der Waals surface area contributed by atoms with Crippen LogP contribution in [0.4, 0.5) is 19.3 Å². The molecule has 0 fully saturated rings. The highest BCUT2D eigenvalue weighted by molar-refractivity contribution is 7.91. The highest BCUT2D eigenvalue weighted by Gasteiger charge is 2.26. The van der Waals surface area contributed by atoms with Crippen LogP contribution in [0, 0.1) is 0 Å². The molecule has 0 radical (unpaired) electrons. The molecule has 1 amide bonds. The normalized spacial score (nSPS) is 11.6. The molecule has 106 valence electrons. The Morgan fingerprint density at radius 2 is 1.90 bits per heavy atom. The van der Waals surface area contributed by atoms with Gasteiger partial charge in [0.05, 0.1) is 4.90 Å². The number of anilines is 1. The lowest BCUT2D eigenvalue weighted by atomic mass is 10.3. The largest absolute Gasteiger partial charge is 0.341 e. The zero-order valence-electron chi connectivity index (χ0n) is 9.90. The second kappa shape index (κ2) is 5.37. The zero-order chi connectivity index (χ0) is 14.8. The SMILES string of the molecule is O=C(Nc1ccc(S(=O)(=O)C(F)F)cc1)n1ccnc1. The molecule has 0 unspecified atom stereocenters. The number of benzene rings is 1. The van der Waals surface area contributed by atoms with Crippen LogP contribution in [-0.4, -0.2) is 29.8 Å². The van der Waals surface area contributed by atoms with Gasteiger partial charge in [0.1, 0.15) is 6.33 Å². The third kappa shape index (κ3) is 2.82. The number of nitrogens with one attached hydrogen (secondary N) is 1. The second-order valence-corrected chi connectivity index (χ2v) is 5.65. The Hall–Kier alpha value is -2.29. The maximum absolute atomic E-state index is 12.3. The Morgan fingerprint density at radius 3 is 2.40 bits per heavy atom. The van der Waals surface area contributed by atoms with Crippen molar-refractivity contribution in [1.29, 1.82) is 0 Å². The molecule has 2 aromatic rings. The van der Waals surface area contributed by atoms with Crippen molar-refractivity contribution in [2.45, 2.75) is 10.7 Å². The van der Waals surface area contributed by atoms with Crippen LogP contribution in [0.25, 0.3) is 0 Å². The molecule has 6 nitrogen and oxygen atoms in total. The Balaban J connectivity index is 2.15. The fourth-order valence-electron chi connectivity index (χ4n) is 1.40. The van der Waals surface area contributed by atoms with Gasteiger partial charge in [-0.05, 0) is 24.3 Å². The number of carbonyl (C=O) groups excluding carboxylic acids is 1. The number of amides is 1. The van der Waals surface area contributed by atoms with E-state index in [-0.39, 0.29) is 5.69 Å². The fourth-order valence-corrected chi connectivity index (χ4v) is 2.12. The standard InChI is InChI=1S/C11H9F2N3O3S/c12-10(13)20(18,19)9-3-1-8(2-4-9)15-11(17)16-6-5-14-7-16/h1-7,10H,(H,15,17). The van der Waals surface area contributed by atoms with E-state index in [1.807, 2.05) is 0 Å². The second-order valence-electron chi connectivity index (χ2n) is 3.73. The van der Waals surface area contributed by atoms with Crippen LogP contribution >= 0.6 is 0 Å². The number of hydrogen-bond donors (Lipinski definition) is 1. The van der Waals surface area contributed by atoms with Crippen molar-refractivity contribution >= 4 is 21.6 Å². The van der Waals surface area contributed by atoms with Gasteiger partial charge in [-0.2, -0.15) is 8.78 Å². The van der Waals surface area contributed by atoms with E-state index in [0.29, 0.717) is 0 Å². The summed E-state index contributed by atoms with van der Waals surface area (Å²) in [6.07, 6.45) is 4.12. The molecule has 0 aliphatic carbocycles. The number of rotatable bonds is 3. The van der Waals surface area contributed by atoms with Gasteiger partial charge < -0.3 is 5.32 Å². The quantitative estimate of drug-likeness (QED) is 0.939. The topological polar surface area (TPSA) is 81.1 Å². The first-order valence-electron chi connectivity index (χ1n) is 5.32. The molecule has 0 saturated carbocycles. The summed E-state index contributed by atoms with van der Waals surface area (Å²) in [5.41, 5.74) is 0.275. The lowest BCUT2D eigenvalue weighted by Crippen LogP contribution is -2.18. The van der Waals surface area contributed by atoms with Crippen LogP contribution in [0.5, 0.6) is 0 Å². The van der Waals surface area contributed by atoms with Crippen molar-refractivity contribution in [3.63, 3.8) is 0 Å². The lowest BCUT2D eigenvalue weighted by molar-refractivity contribution is 0.234. The molecule has 1 aromatic heterocycles. The summed E-state index contributed by atoms with van der Waals surface area (Å²) in [5, 5.41) is 2.45. The van der Waals surface area contributed by atoms with Crippen molar-refractivity contribution < 1.29 is 22.0 Å². The molecule has 0 saturated heterocycles. The molecule has 1 heterocycles. The van der Waals surface area contributed by atoms with Gasteiger partial charge in [-0.3, -0.25) is 4.57 Å². The smallest absolute Gasteiger partial charge is 0.307 e. The van der Waals surface area contributed by atoms with E-state index in [1.54, 1.807) is 0 Å². The average Bonchev–Trinajstić information content (AvgIpc) is 2.93. The first-order chi connectivity index (χ1) is 9.41. The van der Waals surface area contributed by atoms with Crippen LogP contribution in [0.3, 0.4) is 0 Å². The monoisotopic (exact) mass is 301 g/mol. The summed E-state index contributed by atoms with van der Waals surface area (Å²) >= 11 is 0. The highest BCUT2D eigenvalue weighted by Crippen LogP contribution is 2.20. The van der Waals surface area contributed by atoms with E-state index in [4.69, 9.17) is 0 Å². The zero-order valence-corrected chi connectivity index (χ0v) is 10.7. The Morgan fingerprint density at radius 1 is 1.25 bits per heavy atom. The fraction of sp³-hybridized carbons (Fsp3) is 0.0909. The predicted octanol–water partition coefficient (Wildman–Crippen LogP) is 1.96. The minimum Gasteiger partial charge on any atom is -0.307 e. The summed E-state index contributed by atoms with van der Waals surface area (Å²) in [5.74, 6) is -3.48. The van der Waals surface area contributed by atoms with Gasteiger partial charge in [0.2, 0.25) is 9.84 Å². The minimum atomic E-state index is -4.63. The van der Waals surface area contributed by atoms with Gasteiger partial charge in [-0.1, -0.05) is 0 Å². The summed E-state index contributed by atoms with van der Waals surface area (Å²) in [6, 6.07) is 3.96.